The molecule has 2 aromatic carbocycles. The molecule has 32 heavy (non-hydrogen) atoms. The molecule has 0 atom stereocenters. The number of hydrogen-bond donors (Lipinski definition) is 2. The molecule has 8 heteroatoms. The number of hydrogen-bond acceptors (Lipinski definition) is 6. The van der Waals surface area contributed by atoms with Crippen molar-refractivity contribution in [2.75, 3.05) is 11.9 Å². The van der Waals surface area contributed by atoms with Gasteiger partial charge in [-0.1, -0.05) is 47.7 Å². The molecule has 2 N–H and O–H groups in total. The van der Waals surface area contributed by atoms with Gasteiger partial charge in [0, 0.05) is 30.1 Å². The molecule has 162 valence electrons. The van der Waals surface area contributed by atoms with Crippen LogP contribution in [0, 0.1) is 11.2 Å². The number of carbonyl (C=O) groups is 1. The monoisotopic (exact) mass is 448 g/mol. The minimum atomic E-state index is -0.932. The van der Waals surface area contributed by atoms with Gasteiger partial charge >= 0.3 is 5.97 Å². The van der Waals surface area contributed by atoms with Crippen molar-refractivity contribution in [1.82, 2.24) is 15.0 Å². The van der Waals surface area contributed by atoms with Crippen molar-refractivity contribution >= 4 is 22.4 Å². The molecule has 0 saturated carbocycles. The van der Waals surface area contributed by atoms with E-state index in [2.05, 4.69) is 15.3 Å². The predicted octanol–water partition coefficient (Wildman–Crippen LogP) is 5.60. The van der Waals surface area contributed by atoms with Gasteiger partial charge in [0.2, 0.25) is 0 Å². The summed E-state index contributed by atoms with van der Waals surface area (Å²) in [6.45, 7) is 3.57. The second kappa shape index (κ2) is 8.84. The first kappa shape index (κ1) is 21.6. The van der Waals surface area contributed by atoms with Crippen molar-refractivity contribution in [3.05, 3.63) is 73.1 Å². The maximum Gasteiger partial charge on any atom is 0.310 e. The van der Waals surface area contributed by atoms with Crippen LogP contribution in [-0.2, 0) is 4.79 Å². The van der Waals surface area contributed by atoms with Gasteiger partial charge in [0.05, 0.1) is 16.0 Å². The third-order valence-corrected chi connectivity index (χ3v) is 6.11. The molecule has 0 saturated heterocycles. The maximum absolute atomic E-state index is 13.2. The standard InChI is InChI=1S/C24H21FN4O2S/c1-24(2,22(30)31)13-28-23-29-20(21(32-23)18-11-26-14-27-12-18)17-5-3-15(4-6-17)16-7-9-19(25)10-8-16/h3-12,14H,13H2,1-2H3,(H,28,29)(H,30,31). The fourth-order valence-electron chi connectivity index (χ4n) is 3.04. The summed E-state index contributed by atoms with van der Waals surface area (Å²) in [5.74, 6) is -1.15. The Hall–Kier alpha value is -3.65. The van der Waals surface area contributed by atoms with E-state index in [1.165, 1.54) is 29.8 Å². The largest absolute Gasteiger partial charge is 0.481 e. The number of aromatic nitrogens is 3. The summed E-state index contributed by atoms with van der Waals surface area (Å²) < 4.78 is 13.2. The summed E-state index contributed by atoms with van der Waals surface area (Å²) in [5.41, 5.74) is 3.44. The molecule has 0 aliphatic carbocycles. The molecule has 4 rings (SSSR count). The van der Waals surface area contributed by atoms with Gasteiger partial charge in [0.1, 0.15) is 12.1 Å². The van der Waals surface area contributed by atoms with Crippen LogP contribution in [0.5, 0.6) is 0 Å². The molecule has 0 bridgehead atoms. The normalized spacial score (nSPS) is 11.3. The van der Waals surface area contributed by atoms with Crippen LogP contribution in [0.3, 0.4) is 0 Å². The number of thiazole rings is 1. The van der Waals surface area contributed by atoms with Crippen molar-refractivity contribution in [2.24, 2.45) is 5.41 Å². The molecule has 0 amide bonds. The van der Waals surface area contributed by atoms with Gasteiger partial charge in [0.15, 0.2) is 5.13 Å². The van der Waals surface area contributed by atoms with E-state index in [4.69, 9.17) is 4.98 Å². The molecular weight excluding hydrogens is 427 g/mol. The van der Waals surface area contributed by atoms with Crippen LogP contribution < -0.4 is 5.32 Å². The molecule has 0 fully saturated rings. The summed E-state index contributed by atoms with van der Waals surface area (Å²) in [5, 5.41) is 13.2. The molecule has 0 aliphatic rings. The Balaban J connectivity index is 1.68. The number of rotatable bonds is 7. The minimum absolute atomic E-state index is 0.240. The van der Waals surface area contributed by atoms with Gasteiger partial charge in [0.25, 0.3) is 0 Å². The van der Waals surface area contributed by atoms with Crippen LogP contribution in [0.25, 0.3) is 32.8 Å². The number of anilines is 1. The topological polar surface area (TPSA) is 88.0 Å². The summed E-state index contributed by atoms with van der Waals surface area (Å²) in [4.78, 5) is 25.3. The van der Waals surface area contributed by atoms with E-state index < -0.39 is 11.4 Å². The van der Waals surface area contributed by atoms with E-state index in [1.54, 1.807) is 38.4 Å². The van der Waals surface area contributed by atoms with Crippen LogP contribution >= 0.6 is 11.3 Å². The Labute approximate surface area is 188 Å². The molecule has 2 heterocycles. The second-order valence-electron chi connectivity index (χ2n) is 7.95. The van der Waals surface area contributed by atoms with Crippen molar-refractivity contribution < 1.29 is 14.3 Å². The Bertz CT molecular complexity index is 1220. The molecule has 0 spiro atoms. The number of halogens is 1. The van der Waals surface area contributed by atoms with Crippen molar-refractivity contribution in [2.45, 2.75) is 13.8 Å². The van der Waals surface area contributed by atoms with Crippen LogP contribution in [-0.4, -0.2) is 32.6 Å². The second-order valence-corrected chi connectivity index (χ2v) is 8.95. The van der Waals surface area contributed by atoms with Crippen molar-refractivity contribution in [3.63, 3.8) is 0 Å². The average Bonchev–Trinajstić information content (AvgIpc) is 3.23. The molecule has 4 aromatic rings. The average molecular weight is 449 g/mol. The zero-order chi connectivity index (χ0) is 22.7. The Morgan fingerprint density at radius 1 is 0.969 bits per heavy atom. The van der Waals surface area contributed by atoms with Crippen molar-refractivity contribution in [3.8, 4) is 32.8 Å². The number of aliphatic carboxylic acids is 1. The quantitative estimate of drug-likeness (QED) is 0.383. The number of nitrogens with zero attached hydrogens (tertiary/aromatic N) is 3. The lowest BCUT2D eigenvalue weighted by molar-refractivity contribution is -0.146. The third kappa shape index (κ3) is 4.65. The molecule has 0 aliphatic heterocycles. The zero-order valence-electron chi connectivity index (χ0n) is 17.5. The summed E-state index contributed by atoms with van der Waals surface area (Å²) in [7, 11) is 0. The van der Waals surface area contributed by atoms with E-state index in [-0.39, 0.29) is 12.4 Å². The smallest absolute Gasteiger partial charge is 0.310 e. The highest BCUT2D eigenvalue weighted by molar-refractivity contribution is 7.19. The predicted molar refractivity (Wildman–Crippen MR) is 124 cm³/mol. The lowest BCUT2D eigenvalue weighted by Gasteiger charge is -2.18. The molecular formula is C24H21FN4O2S. The molecule has 6 nitrogen and oxygen atoms in total. The lowest BCUT2D eigenvalue weighted by atomic mass is 9.94. The maximum atomic E-state index is 13.2. The SMILES string of the molecule is CC(C)(CNc1nc(-c2ccc(-c3ccc(F)cc3)cc2)c(-c2cncnc2)s1)C(=O)O. The van der Waals surface area contributed by atoms with E-state index in [0.29, 0.717) is 5.13 Å². The number of benzene rings is 2. The third-order valence-electron chi connectivity index (χ3n) is 5.05. The summed E-state index contributed by atoms with van der Waals surface area (Å²) >= 11 is 1.43. The Morgan fingerprint density at radius 3 is 2.12 bits per heavy atom. The van der Waals surface area contributed by atoms with E-state index in [1.807, 2.05) is 24.3 Å². The number of carboxylic acids is 1. The van der Waals surface area contributed by atoms with Crippen LogP contribution in [0.4, 0.5) is 9.52 Å². The minimum Gasteiger partial charge on any atom is -0.481 e. The molecule has 0 unspecified atom stereocenters. The van der Waals surface area contributed by atoms with E-state index in [9.17, 15) is 14.3 Å². The first-order chi connectivity index (χ1) is 15.3. The molecule has 0 radical (unpaired) electrons. The Morgan fingerprint density at radius 2 is 1.53 bits per heavy atom. The van der Waals surface area contributed by atoms with E-state index in [0.717, 1.165) is 32.8 Å². The summed E-state index contributed by atoms with van der Waals surface area (Å²) in [6.07, 6.45) is 4.92. The van der Waals surface area contributed by atoms with Gasteiger partial charge in [-0.2, -0.15) is 0 Å². The van der Waals surface area contributed by atoms with E-state index >= 15 is 0 Å². The molecule has 2 aromatic heterocycles. The van der Waals surface area contributed by atoms with Crippen LogP contribution in [0.15, 0.2) is 67.3 Å². The lowest BCUT2D eigenvalue weighted by Crippen LogP contribution is -2.31. The first-order valence-electron chi connectivity index (χ1n) is 9.93. The van der Waals surface area contributed by atoms with Gasteiger partial charge in [-0.15, -0.1) is 0 Å². The van der Waals surface area contributed by atoms with Crippen LogP contribution in [0.2, 0.25) is 0 Å². The van der Waals surface area contributed by atoms with Gasteiger partial charge < -0.3 is 10.4 Å². The van der Waals surface area contributed by atoms with Gasteiger partial charge in [-0.25, -0.2) is 19.3 Å². The highest BCUT2D eigenvalue weighted by Gasteiger charge is 2.27. The van der Waals surface area contributed by atoms with Gasteiger partial charge in [-0.05, 0) is 37.1 Å². The fourth-order valence-corrected chi connectivity index (χ4v) is 4.00. The zero-order valence-corrected chi connectivity index (χ0v) is 18.4. The first-order valence-corrected chi connectivity index (χ1v) is 10.7. The number of nitrogens with one attached hydrogen (secondary N) is 1. The highest BCUT2D eigenvalue weighted by Crippen LogP contribution is 2.39. The summed E-state index contributed by atoms with van der Waals surface area (Å²) in [6, 6.07) is 14.2. The van der Waals surface area contributed by atoms with Gasteiger partial charge in [-0.3, -0.25) is 4.79 Å². The van der Waals surface area contributed by atoms with Crippen LogP contribution in [0.1, 0.15) is 13.8 Å². The van der Waals surface area contributed by atoms with Crippen molar-refractivity contribution in [1.29, 1.82) is 0 Å². The highest BCUT2D eigenvalue weighted by atomic mass is 32.1. The fraction of sp³-hybridized carbons (Fsp3) is 0.167. The Kier molecular flexibility index (Phi) is 5.96. The number of carboxylic acid groups (broad SMARTS) is 1.